The lowest BCUT2D eigenvalue weighted by Gasteiger charge is -1.84. The third-order valence-corrected chi connectivity index (χ3v) is 0.921. The van der Waals surface area contributed by atoms with Crippen molar-refractivity contribution in [3.05, 3.63) is 49.0 Å². The Morgan fingerprint density at radius 1 is 0.727 bits per heavy atom. The van der Waals surface area contributed by atoms with E-state index in [-0.39, 0.29) is 0 Å². The van der Waals surface area contributed by atoms with Crippen LogP contribution in [0.4, 0.5) is 0 Å². The SMILES string of the molecule is CC=CC=COC=CC=CC. The molecule has 0 saturated heterocycles. The van der Waals surface area contributed by atoms with Crippen LogP contribution in [0.3, 0.4) is 0 Å². The zero-order valence-corrected chi connectivity index (χ0v) is 7.03. The predicted octanol–water partition coefficient (Wildman–Crippen LogP) is 3.18. The molecule has 0 unspecified atom stereocenters. The fourth-order valence-corrected chi connectivity index (χ4v) is 0.449. The quantitative estimate of drug-likeness (QED) is 0.441. The van der Waals surface area contributed by atoms with Crippen LogP contribution in [0.5, 0.6) is 0 Å². The van der Waals surface area contributed by atoms with E-state index in [4.69, 9.17) is 4.74 Å². The molecule has 0 spiro atoms. The summed E-state index contributed by atoms with van der Waals surface area (Å²) in [5.74, 6) is 0. The van der Waals surface area contributed by atoms with Gasteiger partial charge in [0.1, 0.15) is 0 Å². The molecule has 0 saturated carbocycles. The number of allylic oxidation sites excluding steroid dienone is 6. The summed E-state index contributed by atoms with van der Waals surface area (Å²) in [4.78, 5) is 0. The van der Waals surface area contributed by atoms with E-state index in [2.05, 4.69) is 0 Å². The van der Waals surface area contributed by atoms with Crippen molar-refractivity contribution >= 4 is 0 Å². The van der Waals surface area contributed by atoms with Gasteiger partial charge in [0.15, 0.2) is 0 Å². The molecular weight excluding hydrogens is 136 g/mol. The van der Waals surface area contributed by atoms with Gasteiger partial charge in [-0.2, -0.15) is 0 Å². The van der Waals surface area contributed by atoms with Crippen molar-refractivity contribution in [3.63, 3.8) is 0 Å². The van der Waals surface area contributed by atoms with Crippen LogP contribution in [0.1, 0.15) is 13.8 Å². The topological polar surface area (TPSA) is 9.23 Å². The normalized spacial score (nSPS) is 12.9. The molecule has 0 atom stereocenters. The van der Waals surface area contributed by atoms with Gasteiger partial charge in [-0.1, -0.05) is 24.3 Å². The Morgan fingerprint density at radius 3 is 1.55 bits per heavy atom. The van der Waals surface area contributed by atoms with E-state index in [1.165, 1.54) is 0 Å². The first-order valence-corrected chi connectivity index (χ1v) is 3.63. The van der Waals surface area contributed by atoms with E-state index >= 15 is 0 Å². The van der Waals surface area contributed by atoms with Crippen molar-refractivity contribution in [1.82, 2.24) is 0 Å². The first kappa shape index (κ1) is 9.76. The number of hydrogen-bond donors (Lipinski definition) is 0. The second-order valence-electron chi connectivity index (χ2n) is 1.84. The van der Waals surface area contributed by atoms with Gasteiger partial charge in [0, 0.05) is 0 Å². The van der Waals surface area contributed by atoms with E-state index in [0.717, 1.165) is 0 Å². The number of rotatable bonds is 4. The Hall–Kier alpha value is -1.24. The van der Waals surface area contributed by atoms with Crippen molar-refractivity contribution in [2.75, 3.05) is 0 Å². The fourth-order valence-electron chi connectivity index (χ4n) is 0.449. The fraction of sp³-hybridized carbons (Fsp3) is 0.200. The molecular formula is C10H14O. The molecule has 0 N–H and O–H groups in total. The maximum Gasteiger partial charge on any atom is 0.0901 e. The third kappa shape index (κ3) is 8.76. The summed E-state index contributed by atoms with van der Waals surface area (Å²) in [6.45, 7) is 3.92. The van der Waals surface area contributed by atoms with Crippen molar-refractivity contribution in [2.24, 2.45) is 0 Å². The van der Waals surface area contributed by atoms with Crippen LogP contribution in [-0.4, -0.2) is 0 Å². The molecule has 0 rings (SSSR count). The molecule has 0 radical (unpaired) electrons. The van der Waals surface area contributed by atoms with Gasteiger partial charge in [-0.3, -0.25) is 0 Å². The maximum atomic E-state index is 4.97. The molecule has 0 amide bonds. The Morgan fingerprint density at radius 2 is 1.18 bits per heavy atom. The van der Waals surface area contributed by atoms with Crippen LogP contribution in [0.25, 0.3) is 0 Å². The third-order valence-electron chi connectivity index (χ3n) is 0.921. The molecule has 1 nitrogen and oxygen atoms in total. The zero-order valence-electron chi connectivity index (χ0n) is 7.03. The largest absolute Gasteiger partial charge is 0.473 e. The zero-order chi connectivity index (χ0) is 8.36. The Balaban J connectivity index is 3.40. The van der Waals surface area contributed by atoms with Crippen LogP contribution in [0.2, 0.25) is 0 Å². The van der Waals surface area contributed by atoms with Crippen molar-refractivity contribution in [3.8, 4) is 0 Å². The minimum Gasteiger partial charge on any atom is -0.473 e. The highest BCUT2D eigenvalue weighted by Crippen LogP contribution is 1.83. The summed E-state index contributed by atoms with van der Waals surface area (Å²) in [6.07, 6.45) is 14.6. The summed E-state index contributed by atoms with van der Waals surface area (Å²) >= 11 is 0. The summed E-state index contributed by atoms with van der Waals surface area (Å²) in [7, 11) is 0. The predicted molar refractivity (Wildman–Crippen MR) is 49.0 cm³/mol. The van der Waals surface area contributed by atoms with Crippen molar-refractivity contribution < 1.29 is 4.74 Å². The maximum absolute atomic E-state index is 4.97. The van der Waals surface area contributed by atoms with Crippen LogP contribution < -0.4 is 0 Å². The van der Waals surface area contributed by atoms with Gasteiger partial charge in [0.05, 0.1) is 12.5 Å². The average molecular weight is 150 g/mol. The van der Waals surface area contributed by atoms with Gasteiger partial charge in [-0.05, 0) is 26.0 Å². The highest BCUT2D eigenvalue weighted by Gasteiger charge is 1.63. The smallest absolute Gasteiger partial charge is 0.0901 e. The number of hydrogen-bond acceptors (Lipinski definition) is 1. The van der Waals surface area contributed by atoms with E-state index in [1.807, 2.05) is 50.3 Å². The standard InChI is InChI=1S/C10H14O/c1-3-5-7-9-11-10-8-6-4-2/h3-10H,1-2H3. The van der Waals surface area contributed by atoms with Crippen LogP contribution >= 0.6 is 0 Å². The second-order valence-corrected chi connectivity index (χ2v) is 1.84. The first-order valence-electron chi connectivity index (χ1n) is 3.63. The lowest BCUT2D eigenvalue weighted by molar-refractivity contribution is 0.403. The molecule has 0 fully saturated rings. The lowest BCUT2D eigenvalue weighted by atomic mass is 10.5. The monoisotopic (exact) mass is 150 g/mol. The Bertz CT molecular complexity index is 153. The van der Waals surface area contributed by atoms with Gasteiger partial charge in [0.25, 0.3) is 0 Å². The number of ether oxygens (including phenoxy) is 1. The summed E-state index contributed by atoms with van der Waals surface area (Å²) < 4.78 is 4.97. The minimum absolute atomic E-state index is 1.62. The van der Waals surface area contributed by atoms with E-state index in [1.54, 1.807) is 12.5 Å². The Kier molecular flexibility index (Phi) is 7.77. The molecule has 0 aliphatic carbocycles. The molecule has 0 aliphatic rings. The summed E-state index contributed by atoms with van der Waals surface area (Å²) in [5, 5.41) is 0. The average Bonchev–Trinajstić information content (AvgIpc) is 2.03. The molecule has 0 aliphatic heterocycles. The lowest BCUT2D eigenvalue weighted by Crippen LogP contribution is -1.62. The van der Waals surface area contributed by atoms with Gasteiger partial charge >= 0.3 is 0 Å². The molecule has 60 valence electrons. The van der Waals surface area contributed by atoms with Gasteiger partial charge < -0.3 is 4.74 Å². The van der Waals surface area contributed by atoms with Gasteiger partial charge in [-0.15, -0.1) is 0 Å². The molecule has 0 bridgehead atoms. The summed E-state index contributed by atoms with van der Waals surface area (Å²) in [5.41, 5.74) is 0. The van der Waals surface area contributed by atoms with Crippen LogP contribution in [0.15, 0.2) is 49.0 Å². The highest BCUT2D eigenvalue weighted by atomic mass is 16.5. The molecule has 0 heterocycles. The molecule has 0 aromatic rings. The van der Waals surface area contributed by atoms with Gasteiger partial charge in [-0.25, -0.2) is 0 Å². The van der Waals surface area contributed by atoms with Gasteiger partial charge in [0.2, 0.25) is 0 Å². The van der Waals surface area contributed by atoms with Crippen molar-refractivity contribution in [1.29, 1.82) is 0 Å². The molecule has 0 aromatic heterocycles. The highest BCUT2D eigenvalue weighted by molar-refractivity contribution is 5.01. The minimum atomic E-state index is 1.62. The van der Waals surface area contributed by atoms with E-state index < -0.39 is 0 Å². The second kappa shape index (κ2) is 8.76. The van der Waals surface area contributed by atoms with E-state index in [0.29, 0.717) is 0 Å². The molecule has 1 heteroatoms. The van der Waals surface area contributed by atoms with Crippen molar-refractivity contribution in [2.45, 2.75) is 13.8 Å². The van der Waals surface area contributed by atoms with Crippen LogP contribution in [-0.2, 0) is 4.74 Å². The van der Waals surface area contributed by atoms with Crippen LogP contribution in [0, 0.1) is 0 Å². The Labute approximate surface area is 68.4 Å². The molecule has 0 aromatic carbocycles. The van der Waals surface area contributed by atoms with E-state index in [9.17, 15) is 0 Å². The molecule has 11 heavy (non-hydrogen) atoms. The first-order chi connectivity index (χ1) is 5.41. The summed E-state index contributed by atoms with van der Waals surface area (Å²) in [6, 6.07) is 0.